The van der Waals surface area contributed by atoms with Gasteiger partial charge in [-0.3, -0.25) is 48.2 Å². The number of carbonyl (C=O) groups is 11. The monoisotopic (exact) mass is 1650 g/mol. The van der Waals surface area contributed by atoms with Gasteiger partial charge in [-0.1, -0.05) is 157 Å². The number of likely N-dealkylation sites (N-methyl/N-ethyl adjacent to an activating group) is 2. The molecule has 15 atom stereocenters. The van der Waals surface area contributed by atoms with E-state index in [0.29, 0.717) is 38.5 Å². The van der Waals surface area contributed by atoms with Gasteiger partial charge in [0.05, 0.1) is 48.4 Å². The molecular formula is C86H142N8O17S3. The summed E-state index contributed by atoms with van der Waals surface area (Å²) < 4.78 is 20.0. The van der Waals surface area contributed by atoms with E-state index in [0.717, 1.165) is 92.3 Å². The third-order valence-corrected chi connectivity index (χ3v) is 26.4. The molecule has 2 fully saturated rings. The highest BCUT2D eigenvalue weighted by molar-refractivity contribution is 7.10. The van der Waals surface area contributed by atoms with Crippen LogP contribution in [0.1, 0.15) is 324 Å². The number of ether oxygens (including phenoxy) is 4. The summed E-state index contributed by atoms with van der Waals surface area (Å²) in [6.07, 6.45) is 13.5. The van der Waals surface area contributed by atoms with E-state index in [1.807, 2.05) is 125 Å². The highest BCUT2D eigenvalue weighted by Gasteiger charge is 2.43. The number of esters is 4. The average molecular weight is 1660 g/mol. The van der Waals surface area contributed by atoms with Crippen molar-refractivity contribution in [2.24, 2.45) is 59.2 Å². The number of ketones is 4. The van der Waals surface area contributed by atoms with Gasteiger partial charge in [0.1, 0.15) is 18.6 Å². The van der Waals surface area contributed by atoms with Crippen LogP contribution in [0.2, 0.25) is 0 Å². The van der Waals surface area contributed by atoms with Crippen LogP contribution in [-0.2, 0) is 62.1 Å². The molecule has 2 aliphatic rings. The van der Waals surface area contributed by atoms with Gasteiger partial charge in [0, 0.05) is 102 Å². The first kappa shape index (κ1) is 102. The van der Waals surface area contributed by atoms with E-state index in [4.69, 9.17) is 23.8 Å². The van der Waals surface area contributed by atoms with Crippen LogP contribution in [0.25, 0.3) is 0 Å². The molecule has 646 valence electrons. The number of aliphatic hydroxyl groups excluding tert-OH is 1. The second-order valence-electron chi connectivity index (χ2n) is 32.8. The van der Waals surface area contributed by atoms with Crippen molar-refractivity contribution in [2.45, 2.75) is 307 Å². The second kappa shape index (κ2) is 52.5. The van der Waals surface area contributed by atoms with Gasteiger partial charge >= 0.3 is 29.8 Å². The first-order chi connectivity index (χ1) is 54.0. The van der Waals surface area contributed by atoms with E-state index in [9.17, 15) is 57.8 Å². The highest BCUT2D eigenvalue weighted by Crippen LogP contribution is 2.38. The molecule has 28 heteroatoms. The third kappa shape index (κ3) is 31.5. The summed E-state index contributed by atoms with van der Waals surface area (Å²) in [5.41, 5.74) is 3.70. The Morgan fingerprint density at radius 2 is 0.877 bits per heavy atom. The van der Waals surface area contributed by atoms with Crippen molar-refractivity contribution in [1.82, 2.24) is 40.0 Å². The molecule has 2 aliphatic heterocycles. The molecule has 0 bridgehead atoms. The number of thiazole rings is 3. The summed E-state index contributed by atoms with van der Waals surface area (Å²) in [6, 6.07) is -1.59. The number of aliphatic hydroxyl groups is 1. The van der Waals surface area contributed by atoms with Crippen molar-refractivity contribution in [3.05, 3.63) is 48.2 Å². The standard InChI is InChI=1S/2C31H51N3O6S.C24H40N2O5S/c1-9-13-28(36)40-19-34(26(20(3)4)16-22(6)29-32-24(18-41-29)31(38)39-8)30(37)23(21(5)10-2)17-27(35)25-14-11-12-15-33(25)7;1-9-13-27(36)40-33-28(22(19(3)4)16-21(6)30-32-24(18-41-30)31(38)39-8)29(37)23(20(5)10-2)17-26(35)25-14-11-12-15-34(25)7;1-8-10-18(28)12-19(16(5)9-2)23(29)26(14-27)21(15(3)4)11-17(6)22-25-20(13-32-22)24(30)31-7/h18,20-23,25-26H,9-17,19H2,1-8H3;18-23,25,28,33H,9-17H2,1-8H3;13,15-17,19,21,27H,8-12,14H2,1-7H3/t21-,22+,23-,25-,26+;20-,21+,22+,23-,25?,28?;16-,17+,19-,21+/m000/s1. The largest absolute Gasteiger partial charge is 0.464 e. The number of hydrogen-bond acceptors (Lipinski definition) is 26. The first-order valence-corrected chi connectivity index (χ1v) is 44.6. The van der Waals surface area contributed by atoms with Gasteiger partial charge in [0.15, 0.2) is 41.2 Å². The smallest absolute Gasteiger partial charge is 0.357 e. The number of amides is 2. The van der Waals surface area contributed by atoms with Gasteiger partial charge in [-0.25, -0.2) is 29.3 Å². The van der Waals surface area contributed by atoms with Crippen molar-refractivity contribution < 1.29 is 81.6 Å². The lowest BCUT2D eigenvalue weighted by Crippen LogP contribution is -2.50. The van der Waals surface area contributed by atoms with E-state index >= 15 is 0 Å². The number of rotatable bonds is 47. The SMILES string of the molecule is CCCC(=O)C[C@H](C(=O)N(CO)[C@H](C[C@@H](C)c1nc(C(=O)OC)cs1)C(C)C)[C@@H](C)CC.CCCC(=O)OCN(C(=O)[C@@H](CC(=O)[C@@H]1CCCCN1C)[C@@H](C)CC)[C@H](C[C@@H](C)c1nc(C(=O)OC)cs1)C(C)C.CCCC(=O)ONC(C(=O)[C@@H](CC(=O)C1CCCCN1C)[C@@H](C)CC)[C@H](C[C@@H](C)c1nc(C(=O)OC)cs1)C(C)C. The fraction of sp³-hybridized carbons (Fsp3) is 0.767. The second-order valence-corrected chi connectivity index (χ2v) is 35.5. The summed E-state index contributed by atoms with van der Waals surface area (Å²) in [6.45, 7) is 37.4. The summed E-state index contributed by atoms with van der Waals surface area (Å²) in [5.74, 6) is -3.84. The van der Waals surface area contributed by atoms with Crippen molar-refractivity contribution in [2.75, 3.05) is 62.0 Å². The third-order valence-electron chi connectivity index (χ3n) is 23.1. The number of likely N-dealkylation sites (tertiary alicyclic amines) is 2. The fourth-order valence-electron chi connectivity index (χ4n) is 15.2. The van der Waals surface area contributed by atoms with E-state index < -0.39 is 54.4 Å². The van der Waals surface area contributed by atoms with Crippen LogP contribution in [0.5, 0.6) is 0 Å². The molecule has 25 nitrogen and oxygen atoms in total. The van der Waals surface area contributed by atoms with Crippen LogP contribution >= 0.6 is 34.0 Å². The van der Waals surface area contributed by atoms with E-state index in [1.165, 1.54) is 60.2 Å². The van der Waals surface area contributed by atoms with Crippen molar-refractivity contribution in [3.63, 3.8) is 0 Å². The first-order valence-electron chi connectivity index (χ1n) is 41.9. The zero-order chi connectivity index (χ0) is 85.8. The molecule has 0 spiro atoms. The maximum atomic E-state index is 14.4. The number of nitrogens with one attached hydrogen (secondary N) is 1. The van der Waals surface area contributed by atoms with Gasteiger partial charge in [0.25, 0.3) is 0 Å². The normalized spacial score (nSPS) is 18.1. The van der Waals surface area contributed by atoms with Crippen molar-refractivity contribution in [3.8, 4) is 0 Å². The Kier molecular flexibility index (Phi) is 46.9. The zero-order valence-electron chi connectivity index (χ0n) is 73.1. The van der Waals surface area contributed by atoms with Crippen LogP contribution in [0.15, 0.2) is 16.1 Å². The minimum absolute atomic E-state index is 0.0113. The van der Waals surface area contributed by atoms with Gasteiger partial charge in [-0.05, 0) is 133 Å². The Morgan fingerprint density at radius 3 is 1.25 bits per heavy atom. The maximum Gasteiger partial charge on any atom is 0.357 e. The van der Waals surface area contributed by atoms with Crippen LogP contribution in [-0.4, -0.2) is 197 Å². The van der Waals surface area contributed by atoms with Gasteiger partial charge in [-0.15, -0.1) is 39.5 Å². The number of hydroxylamine groups is 1. The van der Waals surface area contributed by atoms with Crippen LogP contribution in [0.3, 0.4) is 0 Å². The molecule has 0 aromatic carbocycles. The molecule has 0 saturated carbocycles. The van der Waals surface area contributed by atoms with Crippen LogP contribution in [0.4, 0.5) is 0 Å². The molecule has 114 heavy (non-hydrogen) atoms. The lowest BCUT2D eigenvalue weighted by atomic mass is 9.73. The van der Waals surface area contributed by atoms with Gasteiger partial charge in [0.2, 0.25) is 11.8 Å². The predicted octanol–water partition coefficient (Wildman–Crippen LogP) is 15.9. The van der Waals surface area contributed by atoms with Crippen LogP contribution < -0.4 is 5.48 Å². The molecule has 0 radical (unpaired) electrons. The maximum absolute atomic E-state index is 14.4. The Morgan fingerprint density at radius 1 is 0.500 bits per heavy atom. The van der Waals surface area contributed by atoms with Crippen molar-refractivity contribution in [1.29, 1.82) is 0 Å². The Hall–Kier alpha value is -6.30. The molecule has 2 amide bonds. The van der Waals surface area contributed by atoms with E-state index in [1.54, 1.807) is 21.0 Å². The van der Waals surface area contributed by atoms with Gasteiger partial charge in [-0.2, -0.15) is 0 Å². The molecule has 3 aromatic heterocycles. The number of methoxy groups -OCH3 is 3. The quantitative estimate of drug-likeness (QED) is 0.0230. The molecule has 3 aromatic rings. The lowest BCUT2D eigenvalue weighted by molar-refractivity contribution is -0.160. The summed E-state index contributed by atoms with van der Waals surface area (Å²) >= 11 is 4.17. The Labute approximate surface area is 693 Å². The minimum atomic E-state index is -0.783. The highest BCUT2D eigenvalue weighted by atomic mass is 32.1. The number of hydrogen-bond donors (Lipinski definition) is 2. The molecular weight excluding hydrogens is 1510 g/mol. The Bertz CT molecular complexity index is 3310. The molecule has 2 unspecified atom stereocenters. The molecule has 2 N–H and O–H groups in total. The molecule has 5 rings (SSSR count). The fourth-order valence-corrected chi connectivity index (χ4v) is 17.7. The minimum Gasteiger partial charge on any atom is -0.464 e. The Balaban J connectivity index is 0.000000447. The average Bonchev–Trinajstić information content (AvgIpc) is 1.14. The zero-order valence-corrected chi connectivity index (χ0v) is 75.6. The van der Waals surface area contributed by atoms with Crippen LogP contribution in [0, 0.1) is 59.2 Å². The molecule has 0 aliphatic carbocycles. The predicted molar refractivity (Wildman–Crippen MR) is 448 cm³/mol. The molecule has 2 saturated heterocycles. The number of carbonyl (C=O) groups excluding carboxylic acids is 11. The number of piperidine rings is 2. The number of nitrogens with zero attached hydrogens (tertiary/aromatic N) is 7. The number of Topliss-reactive ketones (excluding diaryl/α,β-unsaturated/α-hetero) is 4. The van der Waals surface area contributed by atoms with Gasteiger partial charge < -0.3 is 38.7 Å². The summed E-state index contributed by atoms with van der Waals surface area (Å²) in [7, 11) is 7.95. The molecule has 5 heterocycles. The summed E-state index contributed by atoms with van der Waals surface area (Å²) in [4.78, 5) is 168. The summed E-state index contributed by atoms with van der Waals surface area (Å²) in [5, 5.41) is 17.6. The topological polar surface area (TPSA) is 318 Å². The number of aromatic nitrogens is 3. The van der Waals surface area contributed by atoms with E-state index in [2.05, 4.69) is 44.1 Å². The lowest BCUT2D eigenvalue weighted by Gasteiger charge is -2.39. The van der Waals surface area contributed by atoms with Crippen molar-refractivity contribution >= 4 is 98.8 Å². The van der Waals surface area contributed by atoms with E-state index in [-0.39, 0.29) is 180 Å².